The van der Waals surface area contributed by atoms with Crippen LogP contribution in [0.15, 0.2) is 66.7 Å². The third-order valence-corrected chi connectivity index (χ3v) is 13.9. The average Bonchev–Trinajstić information content (AvgIpc) is 3.42. The number of unbranched alkanes of at least 4 members (excludes halogenated alkanes) is 1. The van der Waals surface area contributed by atoms with Gasteiger partial charge in [-0.1, -0.05) is 96.8 Å². The molecule has 1 fully saturated rings. The molecule has 3 aliphatic rings. The molecule has 13 atom stereocenters. The summed E-state index contributed by atoms with van der Waals surface area (Å²) in [5, 5.41) is 49.0. The van der Waals surface area contributed by atoms with Crippen LogP contribution in [-0.2, 0) is 63.8 Å². The van der Waals surface area contributed by atoms with Gasteiger partial charge in [-0.15, -0.1) is 0 Å². The van der Waals surface area contributed by atoms with E-state index >= 15 is 4.79 Å². The fourth-order valence-corrected chi connectivity index (χ4v) is 8.39. The number of nitrogens with zero attached hydrogens (tertiary/aromatic N) is 1. The number of cyclic esters (lactones) is 1. The molecule has 2 aromatic carbocycles. The Hall–Kier alpha value is -6.95. The minimum Gasteiger partial charge on any atom is -0.487 e. The molecule has 0 aromatic heterocycles. The maximum absolute atomic E-state index is 15.3. The molecular weight excluding hydrogens is 1010 g/mol. The number of carbonyl (C=O) groups excluding carboxylic acids is 9. The van der Waals surface area contributed by atoms with Crippen molar-refractivity contribution in [3.63, 3.8) is 0 Å². The zero-order valence-electron chi connectivity index (χ0n) is 46.1. The Kier molecular flexibility index (Phi) is 24.2. The van der Waals surface area contributed by atoms with Gasteiger partial charge < -0.3 is 71.1 Å². The molecule has 1 saturated heterocycles. The number of likely N-dealkylation sites (N-methyl/N-ethyl adjacent to an activating group) is 1. The molecule has 0 aliphatic carbocycles. The highest BCUT2D eigenvalue weighted by Crippen LogP contribution is 2.26. The second-order valence-electron chi connectivity index (χ2n) is 20.4. The summed E-state index contributed by atoms with van der Waals surface area (Å²) in [7, 11) is 1.30. The predicted molar refractivity (Wildman–Crippen MR) is 282 cm³/mol. The largest absolute Gasteiger partial charge is 0.487 e. The van der Waals surface area contributed by atoms with E-state index < -0.39 is 150 Å². The van der Waals surface area contributed by atoms with Gasteiger partial charge in [-0.25, -0.2) is 4.79 Å². The van der Waals surface area contributed by atoms with Crippen LogP contribution in [0.2, 0.25) is 0 Å². The number of aliphatic hydroxyl groups excluding tert-OH is 2. The molecule has 23 nitrogen and oxygen atoms in total. The number of hydrogen-bond acceptors (Lipinski definition) is 16. The van der Waals surface area contributed by atoms with Crippen LogP contribution in [0.4, 0.5) is 0 Å². The molecule has 0 spiro atoms. The lowest BCUT2D eigenvalue weighted by Crippen LogP contribution is -2.61. The zero-order chi connectivity index (χ0) is 58.0. The van der Waals surface area contributed by atoms with E-state index in [2.05, 4.69) is 31.9 Å². The molecule has 23 heteroatoms. The van der Waals surface area contributed by atoms with E-state index in [1.807, 2.05) is 6.92 Å². The van der Waals surface area contributed by atoms with E-state index in [9.17, 15) is 53.7 Å². The van der Waals surface area contributed by atoms with Crippen LogP contribution >= 0.6 is 0 Å². The van der Waals surface area contributed by atoms with Crippen LogP contribution in [0.3, 0.4) is 0 Å². The number of aliphatic hydroxyl groups is 3. The van der Waals surface area contributed by atoms with E-state index in [4.69, 9.17) is 18.9 Å². The smallest absolute Gasteiger partial charge is 0.332 e. The number of benzene rings is 2. The lowest BCUT2D eigenvalue weighted by atomic mass is 9.93. The molecule has 430 valence electrons. The fourth-order valence-electron chi connectivity index (χ4n) is 8.39. The van der Waals surface area contributed by atoms with Crippen molar-refractivity contribution in [2.45, 2.75) is 154 Å². The fraction of sp³-hybridized carbons (Fsp3) is 0.582. The van der Waals surface area contributed by atoms with Crippen molar-refractivity contribution in [1.82, 2.24) is 36.8 Å². The first-order valence-corrected chi connectivity index (χ1v) is 26.4. The third-order valence-electron chi connectivity index (χ3n) is 13.9. The van der Waals surface area contributed by atoms with Gasteiger partial charge in [0.25, 0.3) is 0 Å². The number of rotatable bonds is 14. The summed E-state index contributed by atoms with van der Waals surface area (Å²) < 4.78 is 23.1. The SMILES string of the molecule is CCCCOC[C@@]1(O)/C=C/C(=O)NCC(=O)OC[C@@H]2NC(=O)[C@@H]([C@@H](C)O)NC(=O)[C@H](Cc3ccccc3)N(C)C(=O)[C@@H](NC(=O)[C@@H]([C@@H](C)CC)NC(=O)[C@@H](NC(=O)[C@H](C)[C@H](O)C(C)C)[C@@H](C)OC2=O)c2ccc(cc2)O[C@@H]1C. The number of hydrogen-bond donors (Lipinski definition) is 9. The number of carbonyl (C=O) groups is 9. The molecule has 5 rings (SSSR count). The maximum atomic E-state index is 15.3. The highest BCUT2D eigenvalue weighted by molar-refractivity contribution is 5.98. The molecule has 0 saturated carbocycles. The lowest BCUT2D eigenvalue weighted by molar-refractivity contribution is -0.160. The predicted octanol–water partition coefficient (Wildman–Crippen LogP) is 0.422. The minimum absolute atomic E-state index is 0.145. The van der Waals surface area contributed by atoms with Gasteiger partial charge in [-0.05, 0) is 68.4 Å². The monoisotopic (exact) mass is 1090 g/mol. The molecular formula is C55H79N7O16. The summed E-state index contributed by atoms with van der Waals surface area (Å²) in [6, 6.07) is 4.14. The van der Waals surface area contributed by atoms with Crippen LogP contribution in [0, 0.1) is 17.8 Å². The molecule has 78 heavy (non-hydrogen) atoms. The maximum Gasteiger partial charge on any atom is 0.332 e. The topological polar surface area (TPSA) is 327 Å². The summed E-state index contributed by atoms with van der Waals surface area (Å²) in [4.78, 5) is 129. The molecule has 9 N–H and O–H groups in total. The van der Waals surface area contributed by atoms with Gasteiger partial charge in [0, 0.05) is 26.2 Å². The Labute approximate surface area is 455 Å². The minimum atomic E-state index is -1.98. The number of ether oxygens (including phenoxy) is 4. The summed E-state index contributed by atoms with van der Waals surface area (Å²) in [6.07, 6.45) is -2.00. The number of esters is 2. The second kappa shape index (κ2) is 29.7. The van der Waals surface area contributed by atoms with Crippen molar-refractivity contribution in [1.29, 1.82) is 0 Å². The molecule has 7 amide bonds. The molecule has 0 unspecified atom stereocenters. The Balaban J connectivity index is 2.02. The van der Waals surface area contributed by atoms with Crippen molar-refractivity contribution in [3.8, 4) is 5.75 Å². The highest BCUT2D eigenvalue weighted by atomic mass is 16.6. The van der Waals surface area contributed by atoms with Crippen LogP contribution in [0.25, 0.3) is 0 Å². The highest BCUT2D eigenvalue weighted by Gasteiger charge is 2.42. The van der Waals surface area contributed by atoms with E-state index in [-0.39, 0.29) is 37.4 Å². The van der Waals surface area contributed by atoms with E-state index in [0.29, 0.717) is 12.0 Å². The Bertz CT molecular complexity index is 2420. The summed E-state index contributed by atoms with van der Waals surface area (Å²) >= 11 is 0. The summed E-state index contributed by atoms with van der Waals surface area (Å²) in [6.45, 7) is 12.1. The van der Waals surface area contributed by atoms with Crippen molar-refractivity contribution in [2.75, 3.05) is 33.4 Å². The van der Waals surface area contributed by atoms with Gasteiger partial charge in [-0.2, -0.15) is 0 Å². The van der Waals surface area contributed by atoms with Crippen molar-refractivity contribution < 1.29 is 77.4 Å². The lowest BCUT2D eigenvalue weighted by Gasteiger charge is -2.34. The van der Waals surface area contributed by atoms with Gasteiger partial charge in [-0.3, -0.25) is 38.4 Å². The van der Waals surface area contributed by atoms with Crippen molar-refractivity contribution >= 4 is 53.3 Å². The van der Waals surface area contributed by atoms with E-state index in [1.165, 1.54) is 59.0 Å². The van der Waals surface area contributed by atoms with Gasteiger partial charge in [0.15, 0.2) is 6.04 Å². The molecule has 2 aromatic rings. The standard InChI is InChI=1S/C55H79N7O16/c1-11-13-25-75-29-55(74)24-23-41(64)56-27-42(65)76-28-39-54(73)77-34(8)45(60-48(67)32(6)47(66)30(3)4)52(71)58-43(31(5)12-2)50(69)61-46(37-19-21-38(22-20-37)78-35(55)9)53(72)62(10)40(26-36-17-15-14-16-18-36)49(68)59-44(33(7)63)51(70)57-39/h14-24,30-35,39-40,43-47,63,66,74H,11-13,25-29H2,1-10H3,(H,56,64)(H,57,70)(H,58,71)(H,59,68)(H,60,67)(H,61,69)/b24-23+/t31-,32+,33+,34+,35+,39-,40-,43+,44+,45-,46-,47+,55-/m0/s1. The van der Waals surface area contributed by atoms with Crippen LogP contribution < -0.4 is 36.6 Å². The third kappa shape index (κ3) is 17.8. The van der Waals surface area contributed by atoms with Crippen LogP contribution in [0.5, 0.6) is 5.75 Å². The van der Waals surface area contributed by atoms with Crippen LogP contribution in [-0.4, -0.2) is 167 Å². The first-order valence-electron chi connectivity index (χ1n) is 26.4. The van der Waals surface area contributed by atoms with E-state index in [0.717, 1.165) is 23.5 Å². The van der Waals surface area contributed by atoms with Crippen LogP contribution in [0.1, 0.15) is 98.7 Å². The number of nitrogens with one attached hydrogen (secondary N) is 6. The molecule has 3 aliphatic heterocycles. The molecule has 0 radical (unpaired) electrons. The quantitative estimate of drug-likeness (QED) is 0.0915. The number of amides is 7. The molecule has 3 heterocycles. The first-order chi connectivity index (χ1) is 36.8. The van der Waals surface area contributed by atoms with Gasteiger partial charge in [0.1, 0.15) is 66.9 Å². The first kappa shape index (κ1) is 63.6. The summed E-state index contributed by atoms with van der Waals surface area (Å²) in [5.41, 5.74) is -1.25. The van der Waals surface area contributed by atoms with E-state index in [1.54, 1.807) is 58.0 Å². The Morgan fingerprint density at radius 1 is 0.833 bits per heavy atom. The average molecular weight is 1090 g/mol. The number of fused-ring (bicyclic) bond motifs is 11. The zero-order valence-corrected chi connectivity index (χ0v) is 46.1. The van der Waals surface area contributed by atoms with Gasteiger partial charge in [0.2, 0.25) is 41.4 Å². The van der Waals surface area contributed by atoms with Crippen molar-refractivity contribution in [3.05, 3.63) is 77.9 Å². The van der Waals surface area contributed by atoms with Gasteiger partial charge >= 0.3 is 11.9 Å². The normalized spacial score (nSPS) is 27.6. The van der Waals surface area contributed by atoms with Crippen molar-refractivity contribution in [2.24, 2.45) is 17.8 Å². The Morgan fingerprint density at radius 3 is 2.09 bits per heavy atom. The molecule has 4 bridgehead atoms. The van der Waals surface area contributed by atoms with Gasteiger partial charge in [0.05, 0.1) is 24.7 Å². The second-order valence-corrected chi connectivity index (χ2v) is 20.4. The summed E-state index contributed by atoms with van der Waals surface area (Å²) in [5.74, 6) is -11.3. The Morgan fingerprint density at radius 2 is 1.47 bits per heavy atom.